The number of methoxy groups -OCH3 is 1. The van der Waals surface area contributed by atoms with E-state index in [0.29, 0.717) is 15.9 Å². The van der Waals surface area contributed by atoms with Crippen molar-refractivity contribution in [2.45, 2.75) is 11.5 Å². The van der Waals surface area contributed by atoms with Gasteiger partial charge in [-0.2, -0.15) is 10.1 Å². The molecule has 2 aromatic rings. The van der Waals surface area contributed by atoms with Crippen molar-refractivity contribution in [2.75, 3.05) is 13.4 Å². The maximum Gasteiger partial charge on any atom is 0.275 e. The van der Waals surface area contributed by atoms with E-state index in [9.17, 15) is 13.5 Å². The topological polar surface area (TPSA) is 94.3 Å². The summed E-state index contributed by atoms with van der Waals surface area (Å²) >= 11 is 1.18. The molecule has 0 fully saturated rings. The summed E-state index contributed by atoms with van der Waals surface area (Å²) in [7, 11) is -1.84. The molecule has 0 aliphatic rings. The van der Waals surface area contributed by atoms with Crippen LogP contribution in [0.2, 0.25) is 0 Å². The van der Waals surface area contributed by atoms with Crippen LogP contribution in [0.3, 0.4) is 0 Å². The molecule has 0 atom stereocenters. The number of aliphatic hydroxyl groups is 1. The summed E-state index contributed by atoms with van der Waals surface area (Å²) in [5.74, 6) is 0.370. The Labute approximate surface area is 108 Å². The first-order chi connectivity index (χ1) is 8.45. The van der Waals surface area contributed by atoms with Crippen LogP contribution in [0, 0.1) is 0 Å². The molecule has 0 saturated heterocycles. The van der Waals surface area contributed by atoms with Crippen LogP contribution in [0.5, 0.6) is 5.19 Å². The Bertz CT molecular complexity index is 659. The number of aliphatic hydroxyl groups excluding tert-OH is 1. The lowest BCUT2D eigenvalue weighted by atomic mass is 10.5. The first-order valence-corrected chi connectivity index (χ1v) is 7.56. The van der Waals surface area contributed by atoms with Gasteiger partial charge in [-0.3, -0.25) is 0 Å². The van der Waals surface area contributed by atoms with Gasteiger partial charge in [-0.15, -0.1) is 0 Å². The third-order valence-corrected chi connectivity index (χ3v) is 4.24. The van der Waals surface area contributed by atoms with Gasteiger partial charge in [-0.1, -0.05) is 11.3 Å². The van der Waals surface area contributed by atoms with Crippen molar-refractivity contribution in [2.24, 2.45) is 0 Å². The van der Waals surface area contributed by atoms with Gasteiger partial charge in [-0.05, 0) is 0 Å². The second kappa shape index (κ2) is 4.67. The third-order valence-electron chi connectivity index (χ3n) is 2.18. The van der Waals surface area contributed by atoms with Crippen LogP contribution in [-0.4, -0.2) is 41.7 Å². The SMILES string of the molecule is COc1nc(-n2cc(S(C)(=O)=O)cn2)c(CO)s1. The first-order valence-electron chi connectivity index (χ1n) is 4.85. The van der Waals surface area contributed by atoms with Crippen LogP contribution in [-0.2, 0) is 16.4 Å². The maximum atomic E-state index is 11.3. The Hall–Kier alpha value is -1.45. The van der Waals surface area contributed by atoms with Crippen molar-refractivity contribution in [1.29, 1.82) is 0 Å². The zero-order valence-electron chi connectivity index (χ0n) is 9.69. The van der Waals surface area contributed by atoms with Crippen LogP contribution in [0.4, 0.5) is 0 Å². The Morgan fingerprint density at radius 2 is 2.28 bits per heavy atom. The predicted molar refractivity (Wildman–Crippen MR) is 64.8 cm³/mol. The van der Waals surface area contributed by atoms with E-state index in [1.165, 1.54) is 35.5 Å². The zero-order chi connectivity index (χ0) is 13.3. The molecule has 98 valence electrons. The van der Waals surface area contributed by atoms with E-state index in [0.717, 1.165) is 6.26 Å². The van der Waals surface area contributed by atoms with Crippen LogP contribution in [0.25, 0.3) is 5.82 Å². The van der Waals surface area contributed by atoms with E-state index in [4.69, 9.17) is 4.74 Å². The quantitative estimate of drug-likeness (QED) is 0.866. The molecule has 7 nitrogen and oxygen atoms in total. The highest BCUT2D eigenvalue weighted by Gasteiger charge is 2.16. The highest BCUT2D eigenvalue weighted by molar-refractivity contribution is 7.90. The lowest BCUT2D eigenvalue weighted by molar-refractivity contribution is 0.285. The second-order valence-electron chi connectivity index (χ2n) is 3.48. The van der Waals surface area contributed by atoms with Gasteiger partial charge in [0.15, 0.2) is 15.7 Å². The van der Waals surface area contributed by atoms with E-state index < -0.39 is 9.84 Å². The minimum absolute atomic E-state index is 0.0957. The Morgan fingerprint density at radius 1 is 1.56 bits per heavy atom. The van der Waals surface area contributed by atoms with Crippen molar-refractivity contribution in [3.05, 3.63) is 17.3 Å². The van der Waals surface area contributed by atoms with Crippen LogP contribution >= 0.6 is 11.3 Å². The van der Waals surface area contributed by atoms with Gasteiger partial charge >= 0.3 is 0 Å². The van der Waals surface area contributed by atoms with Gasteiger partial charge in [0, 0.05) is 6.26 Å². The Kier molecular flexibility index (Phi) is 3.37. The Morgan fingerprint density at radius 3 is 2.78 bits per heavy atom. The average Bonchev–Trinajstić information content (AvgIpc) is 2.94. The van der Waals surface area contributed by atoms with Gasteiger partial charge in [0.25, 0.3) is 5.19 Å². The van der Waals surface area contributed by atoms with E-state index >= 15 is 0 Å². The molecular formula is C9H11N3O4S2. The summed E-state index contributed by atoms with van der Waals surface area (Å²) in [6.45, 7) is -0.218. The number of rotatable bonds is 4. The van der Waals surface area contributed by atoms with Gasteiger partial charge in [0.2, 0.25) is 0 Å². The molecule has 0 saturated carbocycles. The zero-order valence-corrected chi connectivity index (χ0v) is 11.3. The normalized spacial score (nSPS) is 11.7. The predicted octanol–water partition coefficient (Wildman–Crippen LogP) is 0.233. The first kappa shape index (κ1) is 13.0. The van der Waals surface area contributed by atoms with E-state index in [2.05, 4.69) is 10.1 Å². The van der Waals surface area contributed by atoms with Gasteiger partial charge in [0.1, 0.15) is 4.90 Å². The average molecular weight is 289 g/mol. The Balaban J connectivity index is 2.48. The van der Waals surface area contributed by atoms with E-state index in [1.54, 1.807) is 0 Å². The summed E-state index contributed by atoms with van der Waals surface area (Å²) in [4.78, 5) is 4.75. The molecule has 2 heterocycles. The molecule has 18 heavy (non-hydrogen) atoms. The second-order valence-corrected chi connectivity index (χ2v) is 6.54. The molecule has 2 aromatic heterocycles. The molecule has 0 aliphatic heterocycles. The number of aromatic nitrogens is 3. The van der Waals surface area contributed by atoms with Crippen molar-refractivity contribution < 1.29 is 18.3 Å². The van der Waals surface area contributed by atoms with E-state index in [1.807, 2.05) is 0 Å². The lowest BCUT2D eigenvalue weighted by Crippen LogP contribution is -1.99. The number of nitrogens with zero attached hydrogens (tertiary/aromatic N) is 3. The van der Waals surface area contributed by atoms with Crippen LogP contribution in [0.15, 0.2) is 17.3 Å². The largest absolute Gasteiger partial charge is 0.473 e. The maximum absolute atomic E-state index is 11.3. The van der Waals surface area contributed by atoms with E-state index in [-0.39, 0.29) is 11.5 Å². The molecular weight excluding hydrogens is 278 g/mol. The van der Waals surface area contributed by atoms with Gasteiger partial charge in [-0.25, -0.2) is 13.1 Å². The number of sulfone groups is 1. The fourth-order valence-corrected chi connectivity index (χ4v) is 2.56. The molecule has 0 amide bonds. The molecule has 2 rings (SSSR count). The van der Waals surface area contributed by atoms with Crippen molar-refractivity contribution in [3.8, 4) is 11.0 Å². The molecule has 9 heteroatoms. The number of hydrogen-bond acceptors (Lipinski definition) is 7. The fourth-order valence-electron chi connectivity index (χ4n) is 1.31. The summed E-state index contributed by atoms with van der Waals surface area (Å²) in [5, 5.41) is 13.5. The lowest BCUT2D eigenvalue weighted by Gasteiger charge is -1.97. The molecule has 0 radical (unpaired) electrons. The smallest absolute Gasteiger partial charge is 0.275 e. The van der Waals surface area contributed by atoms with Gasteiger partial charge in [0.05, 0.1) is 31.0 Å². The summed E-state index contributed by atoms with van der Waals surface area (Å²) < 4.78 is 29.0. The highest BCUT2D eigenvalue weighted by atomic mass is 32.2. The van der Waals surface area contributed by atoms with Crippen molar-refractivity contribution in [1.82, 2.24) is 14.8 Å². The number of thiazole rings is 1. The minimum Gasteiger partial charge on any atom is -0.473 e. The summed E-state index contributed by atoms with van der Waals surface area (Å²) in [6.07, 6.45) is 3.69. The van der Waals surface area contributed by atoms with Crippen LogP contribution in [0.1, 0.15) is 4.88 Å². The molecule has 0 aromatic carbocycles. The molecule has 0 aliphatic carbocycles. The molecule has 0 unspecified atom stereocenters. The summed E-state index contributed by atoms with van der Waals surface area (Å²) in [6, 6.07) is 0. The third kappa shape index (κ3) is 2.37. The molecule has 1 N–H and O–H groups in total. The molecule has 0 bridgehead atoms. The van der Waals surface area contributed by atoms with Gasteiger partial charge < -0.3 is 9.84 Å². The fraction of sp³-hybridized carbons (Fsp3) is 0.333. The van der Waals surface area contributed by atoms with Crippen molar-refractivity contribution in [3.63, 3.8) is 0 Å². The number of ether oxygens (including phenoxy) is 1. The monoisotopic (exact) mass is 289 g/mol. The van der Waals surface area contributed by atoms with Crippen molar-refractivity contribution >= 4 is 21.2 Å². The summed E-state index contributed by atoms with van der Waals surface area (Å²) in [5.41, 5.74) is 0. The molecule has 0 spiro atoms. The standard InChI is InChI=1S/C9H11N3O4S2/c1-16-9-11-8(7(5-13)17-9)12-4-6(3-10-12)18(2,14)15/h3-4,13H,5H2,1-2H3. The minimum atomic E-state index is -3.31. The van der Waals surface area contributed by atoms with Crippen LogP contribution < -0.4 is 4.74 Å². The number of hydrogen-bond donors (Lipinski definition) is 1. The highest BCUT2D eigenvalue weighted by Crippen LogP contribution is 2.27.